The lowest BCUT2D eigenvalue weighted by Gasteiger charge is -2.13. The minimum atomic E-state index is -2.50. The summed E-state index contributed by atoms with van der Waals surface area (Å²) in [5.74, 6) is -27.4. The molecule has 2 N–H and O–H groups in total. The van der Waals surface area contributed by atoms with Gasteiger partial charge in [0, 0.05) is 0 Å². The first-order valence-corrected chi connectivity index (χ1v) is 8.63. The molecule has 3 aromatic rings. The Bertz CT molecular complexity index is 1200. The van der Waals surface area contributed by atoms with Crippen LogP contribution in [0.25, 0.3) is 0 Å². The van der Waals surface area contributed by atoms with E-state index in [1.807, 2.05) is 0 Å². The summed E-state index contributed by atoms with van der Waals surface area (Å²) in [5.41, 5.74) is -5.19. The molecule has 3 rings (SSSR count). The SMILES string of the molecule is O=C(Nc1c(F)c(F)c(F)c(F)c1F)c1ccccc1C(=O)Nc1c(F)c(F)c(F)c(F)c1F. The fourth-order valence-corrected chi connectivity index (χ4v) is 2.67. The third-order valence-electron chi connectivity index (χ3n) is 4.31. The van der Waals surface area contributed by atoms with Crippen molar-refractivity contribution in [1.82, 2.24) is 0 Å². The number of hydrogen-bond donors (Lipinski definition) is 2. The van der Waals surface area contributed by atoms with Gasteiger partial charge in [0.15, 0.2) is 46.5 Å². The minimum Gasteiger partial charge on any atom is -0.317 e. The highest BCUT2D eigenvalue weighted by Crippen LogP contribution is 2.29. The summed E-state index contributed by atoms with van der Waals surface area (Å²) in [6.07, 6.45) is 0. The lowest BCUT2D eigenvalue weighted by molar-refractivity contribution is 0.0989. The van der Waals surface area contributed by atoms with Crippen LogP contribution in [-0.2, 0) is 0 Å². The van der Waals surface area contributed by atoms with E-state index in [2.05, 4.69) is 0 Å². The van der Waals surface area contributed by atoms with E-state index in [1.54, 1.807) is 0 Å². The van der Waals surface area contributed by atoms with Crippen LogP contribution < -0.4 is 10.6 Å². The zero-order chi connectivity index (χ0) is 25.5. The lowest BCUT2D eigenvalue weighted by atomic mass is 10.1. The quantitative estimate of drug-likeness (QED) is 0.282. The zero-order valence-corrected chi connectivity index (χ0v) is 15.9. The van der Waals surface area contributed by atoms with Gasteiger partial charge in [-0.1, -0.05) is 12.1 Å². The number of hydrogen-bond acceptors (Lipinski definition) is 2. The summed E-state index contributed by atoms with van der Waals surface area (Å²) in [4.78, 5) is 24.8. The van der Waals surface area contributed by atoms with Gasteiger partial charge in [-0.2, -0.15) is 0 Å². The summed E-state index contributed by atoms with van der Waals surface area (Å²) < 4.78 is 135. The molecule has 0 aliphatic rings. The van der Waals surface area contributed by atoms with Crippen molar-refractivity contribution in [3.63, 3.8) is 0 Å². The Hall–Kier alpha value is -4.10. The Labute approximate surface area is 181 Å². The zero-order valence-electron chi connectivity index (χ0n) is 15.9. The van der Waals surface area contributed by atoms with Gasteiger partial charge >= 0.3 is 0 Å². The van der Waals surface area contributed by atoms with E-state index in [1.165, 1.54) is 10.6 Å². The molecule has 0 unspecified atom stereocenters. The molecule has 178 valence electrons. The Morgan fingerprint density at radius 1 is 0.441 bits per heavy atom. The molecule has 0 bridgehead atoms. The number of anilines is 2. The third kappa shape index (κ3) is 4.02. The highest BCUT2D eigenvalue weighted by Gasteiger charge is 2.30. The monoisotopic (exact) mass is 496 g/mol. The molecule has 0 heterocycles. The summed E-state index contributed by atoms with van der Waals surface area (Å²) >= 11 is 0. The van der Waals surface area contributed by atoms with E-state index in [0.717, 1.165) is 24.3 Å². The molecule has 0 atom stereocenters. The van der Waals surface area contributed by atoms with Crippen molar-refractivity contribution >= 4 is 23.2 Å². The number of carbonyl (C=O) groups is 2. The van der Waals surface area contributed by atoms with Crippen LogP contribution in [0.5, 0.6) is 0 Å². The number of benzene rings is 3. The van der Waals surface area contributed by atoms with Gasteiger partial charge < -0.3 is 10.6 Å². The minimum absolute atomic E-state index is 0.800. The second kappa shape index (κ2) is 9.03. The molecule has 0 aliphatic heterocycles. The second-order valence-corrected chi connectivity index (χ2v) is 6.34. The van der Waals surface area contributed by atoms with Crippen molar-refractivity contribution in [2.24, 2.45) is 0 Å². The highest BCUT2D eigenvalue weighted by atomic mass is 19.2. The summed E-state index contributed by atoms with van der Waals surface area (Å²) in [7, 11) is 0. The van der Waals surface area contributed by atoms with Crippen LogP contribution in [0.15, 0.2) is 24.3 Å². The molecule has 34 heavy (non-hydrogen) atoms. The molecule has 0 radical (unpaired) electrons. The van der Waals surface area contributed by atoms with Crippen LogP contribution in [0, 0.1) is 58.2 Å². The van der Waals surface area contributed by atoms with Gasteiger partial charge in [-0.3, -0.25) is 9.59 Å². The maximum atomic E-state index is 13.8. The van der Waals surface area contributed by atoms with E-state index in [-0.39, 0.29) is 0 Å². The van der Waals surface area contributed by atoms with Gasteiger partial charge in [-0.15, -0.1) is 0 Å². The van der Waals surface area contributed by atoms with Crippen molar-refractivity contribution in [1.29, 1.82) is 0 Å². The predicted octanol–water partition coefficient (Wildman–Crippen LogP) is 5.58. The standard InChI is InChI=1S/C20H6F10N2O2/c21-7-9(23)13(27)17(14(28)10(7)24)31-19(33)5-3-1-2-4-6(5)20(34)32-18-15(29)11(25)8(22)12(26)16(18)30/h1-4H,(H,31,33)(H,32,34). The number of halogens is 10. The molecule has 4 nitrogen and oxygen atoms in total. The van der Waals surface area contributed by atoms with E-state index >= 15 is 0 Å². The maximum absolute atomic E-state index is 13.8. The maximum Gasteiger partial charge on any atom is 0.256 e. The number of carbonyl (C=O) groups excluding carboxylic acids is 2. The molecule has 3 aromatic carbocycles. The normalized spacial score (nSPS) is 10.9. The number of amides is 2. The van der Waals surface area contributed by atoms with Crippen molar-refractivity contribution in [2.75, 3.05) is 10.6 Å². The van der Waals surface area contributed by atoms with Gasteiger partial charge in [0.05, 0.1) is 11.1 Å². The Morgan fingerprint density at radius 3 is 0.941 bits per heavy atom. The fourth-order valence-electron chi connectivity index (χ4n) is 2.67. The van der Waals surface area contributed by atoms with Gasteiger partial charge in [-0.25, -0.2) is 43.9 Å². The summed E-state index contributed by atoms with van der Waals surface area (Å²) in [6.45, 7) is 0. The van der Waals surface area contributed by atoms with E-state index < -0.39 is 92.5 Å². The van der Waals surface area contributed by atoms with Gasteiger partial charge in [0.1, 0.15) is 11.4 Å². The van der Waals surface area contributed by atoms with E-state index in [4.69, 9.17) is 0 Å². The average molecular weight is 496 g/mol. The van der Waals surface area contributed by atoms with Crippen molar-refractivity contribution in [3.8, 4) is 0 Å². The number of rotatable bonds is 4. The topological polar surface area (TPSA) is 58.2 Å². The first kappa shape index (κ1) is 24.5. The first-order chi connectivity index (χ1) is 15.9. The second-order valence-electron chi connectivity index (χ2n) is 6.34. The summed E-state index contributed by atoms with van der Waals surface area (Å²) in [5, 5.41) is 2.76. The molecule has 0 aromatic heterocycles. The molecular formula is C20H6F10N2O2. The fraction of sp³-hybridized carbons (Fsp3) is 0. The highest BCUT2D eigenvalue weighted by molar-refractivity contribution is 6.15. The lowest BCUT2D eigenvalue weighted by Crippen LogP contribution is -2.23. The molecule has 0 spiro atoms. The van der Waals surface area contributed by atoms with Crippen LogP contribution in [0.4, 0.5) is 55.3 Å². The van der Waals surface area contributed by atoms with Crippen LogP contribution in [-0.4, -0.2) is 11.8 Å². The smallest absolute Gasteiger partial charge is 0.256 e. The van der Waals surface area contributed by atoms with Crippen LogP contribution in [0.1, 0.15) is 20.7 Å². The van der Waals surface area contributed by atoms with Crippen LogP contribution in [0.2, 0.25) is 0 Å². The third-order valence-corrected chi connectivity index (χ3v) is 4.31. The van der Waals surface area contributed by atoms with Crippen molar-refractivity contribution in [2.45, 2.75) is 0 Å². The molecule has 0 fully saturated rings. The van der Waals surface area contributed by atoms with Crippen LogP contribution >= 0.6 is 0 Å². The van der Waals surface area contributed by atoms with Crippen LogP contribution in [0.3, 0.4) is 0 Å². The molecule has 0 saturated heterocycles. The Kier molecular flexibility index (Phi) is 6.52. The Balaban J connectivity index is 2.00. The average Bonchev–Trinajstić information content (AvgIpc) is 2.84. The largest absolute Gasteiger partial charge is 0.317 e. The van der Waals surface area contributed by atoms with Gasteiger partial charge in [0.25, 0.3) is 11.8 Å². The van der Waals surface area contributed by atoms with Gasteiger partial charge in [0.2, 0.25) is 11.6 Å². The molecule has 0 saturated carbocycles. The molecule has 14 heteroatoms. The Morgan fingerprint density at radius 2 is 0.676 bits per heavy atom. The molecule has 0 aliphatic carbocycles. The summed E-state index contributed by atoms with van der Waals surface area (Å²) in [6, 6.07) is 3.74. The predicted molar refractivity (Wildman–Crippen MR) is 94.8 cm³/mol. The van der Waals surface area contributed by atoms with Crippen molar-refractivity contribution in [3.05, 3.63) is 93.6 Å². The van der Waals surface area contributed by atoms with E-state index in [0.29, 0.717) is 0 Å². The van der Waals surface area contributed by atoms with E-state index in [9.17, 15) is 53.5 Å². The molecule has 2 amide bonds. The van der Waals surface area contributed by atoms with Gasteiger partial charge in [-0.05, 0) is 12.1 Å². The first-order valence-electron chi connectivity index (χ1n) is 8.63. The number of nitrogens with one attached hydrogen (secondary N) is 2. The van der Waals surface area contributed by atoms with Crippen molar-refractivity contribution < 1.29 is 53.5 Å². The molecular weight excluding hydrogens is 490 g/mol.